The van der Waals surface area contributed by atoms with Gasteiger partial charge in [-0.05, 0) is 47.1 Å². The second-order valence-electron chi connectivity index (χ2n) is 3.98. The zero-order valence-corrected chi connectivity index (χ0v) is 12.0. The van der Waals surface area contributed by atoms with Crippen LogP contribution in [0.25, 0.3) is 0 Å². The van der Waals surface area contributed by atoms with Crippen LogP contribution in [-0.4, -0.2) is 6.61 Å². The lowest BCUT2D eigenvalue weighted by molar-refractivity contribution is 0.340. The first kappa shape index (κ1) is 13.7. The summed E-state index contributed by atoms with van der Waals surface area (Å²) < 4.78 is 19.0. The van der Waals surface area contributed by atoms with Gasteiger partial charge in [-0.15, -0.1) is 0 Å². The molecule has 0 fully saturated rings. The fourth-order valence-corrected chi connectivity index (χ4v) is 2.06. The van der Waals surface area contributed by atoms with E-state index in [4.69, 9.17) is 10.5 Å². The molecule has 19 heavy (non-hydrogen) atoms. The first-order chi connectivity index (χ1) is 9.08. The molecule has 0 saturated heterocycles. The maximum Gasteiger partial charge on any atom is 0.137 e. The van der Waals surface area contributed by atoms with Gasteiger partial charge in [-0.3, -0.25) is 0 Å². The smallest absolute Gasteiger partial charge is 0.137 e. The molecule has 0 aromatic heterocycles. The van der Waals surface area contributed by atoms with E-state index in [9.17, 15) is 4.39 Å². The number of nitrogens with two attached hydrogens (primary N) is 1. The molecule has 100 valence electrons. The highest BCUT2D eigenvalue weighted by Gasteiger charge is 2.03. The van der Waals surface area contributed by atoms with Crippen LogP contribution < -0.4 is 15.8 Å². The number of nitrogen functional groups attached to an aromatic ring is 1. The number of halogens is 2. The summed E-state index contributed by atoms with van der Waals surface area (Å²) in [6.45, 7) is 2.48. The minimum atomic E-state index is -0.298. The molecule has 0 aliphatic carbocycles. The van der Waals surface area contributed by atoms with Gasteiger partial charge in [0.2, 0.25) is 0 Å². The molecule has 0 atom stereocenters. The van der Waals surface area contributed by atoms with E-state index in [-0.39, 0.29) is 5.82 Å². The first-order valence-electron chi connectivity index (χ1n) is 5.84. The predicted octanol–water partition coefficient (Wildman–Crippen LogP) is 4.31. The second-order valence-corrected chi connectivity index (χ2v) is 4.83. The molecule has 0 amide bonds. The Labute approximate surface area is 119 Å². The van der Waals surface area contributed by atoms with Gasteiger partial charge in [0.05, 0.1) is 11.1 Å². The van der Waals surface area contributed by atoms with Crippen LogP contribution in [0.15, 0.2) is 40.9 Å². The lowest BCUT2D eigenvalue weighted by Crippen LogP contribution is -1.97. The zero-order valence-electron chi connectivity index (χ0n) is 10.4. The van der Waals surface area contributed by atoms with Crippen molar-refractivity contribution in [3.05, 3.63) is 46.7 Å². The molecule has 0 aliphatic heterocycles. The monoisotopic (exact) mass is 324 g/mol. The van der Waals surface area contributed by atoms with E-state index in [1.807, 2.05) is 13.0 Å². The van der Waals surface area contributed by atoms with Crippen LogP contribution in [0.5, 0.6) is 5.75 Å². The molecule has 3 nitrogen and oxygen atoms in total. The number of anilines is 3. The maximum atomic E-state index is 13.2. The second kappa shape index (κ2) is 5.93. The fourth-order valence-electron chi connectivity index (χ4n) is 1.68. The molecular weight excluding hydrogens is 311 g/mol. The van der Waals surface area contributed by atoms with E-state index in [1.165, 1.54) is 6.07 Å². The Balaban J connectivity index is 2.24. The van der Waals surface area contributed by atoms with E-state index in [2.05, 4.69) is 21.2 Å². The molecule has 0 radical (unpaired) electrons. The summed E-state index contributed by atoms with van der Waals surface area (Å²) in [5, 5.41) is 3.15. The van der Waals surface area contributed by atoms with Crippen LogP contribution in [0.2, 0.25) is 0 Å². The van der Waals surface area contributed by atoms with Crippen LogP contribution >= 0.6 is 15.9 Å². The summed E-state index contributed by atoms with van der Waals surface area (Å²) in [5.41, 5.74) is 7.97. The molecule has 0 aliphatic rings. The topological polar surface area (TPSA) is 47.3 Å². The highest BCUT2D eigenvalue weighted by atomic mass is 79.9. The Morgan fingerprint density at radius 3 is 2.68 bits per heavy atom. The zero-order chi connectivity index (χ0) is 13.8. The van der Waals surface area contributed by atoms with Gasteiger partial charge in [-0.25, -0.2) is 4.39 Å². The lowest BCUT2D eigenvalue weighted by Gasteiger charge is -2.11. The quantitative estimate of drug-likeness (QED) is 0.824. The van der Waals surface area contributed by atoms with Gasteiger partial charge in [-0.1, -0.05) is 0 Å². The molecule has 2 aromatic rings. The minimum Gasteiger partial charge on any atom is -0.494 e. The van der Waals surface area contributed by atoms with Gasteiger partial charge in [-0.2, -0.15) is 0 Å². The van der Waals surface area contributed by atoms with Crippen molar-refractivity contribution in [3.8, 4) is 5.75 Å². The van der Waals surface area contributed by atoms with Crippen LogP contribution in [0.3, 0.4) is 0 Å². The van der Waals surface area contributed by atoms with Crippen molar-refractivity contribution in [3.63, 3.8) is 0 Å². The fraction of sp³-hybridized carbons (Fsp3) is 0.143. The van der Waals surface area contributed by atoms with E-state index >= 15 is 0 Å². The Bertz CT molecular complexity index is 590. The number of nitrogens with one attached hydrogen (secondary N) is 1. The van der Waals surface area contributed by atoms with Gasteiger partial charge in [0, 0.05) is 29.2 Å². The third-order valence-electron chi connectivity index (χ3n) is 2.45. The molecule has 3 N–H and O–H groups in total. The number of hydrogen-bond donors (Lipinski definition) is 2. The van der Waals surface area contributed by atoms with Crippen LogP contribution in [0.4, 0.5) is 21.5 Å². The molecule has 2 aromatic carbocycles. The van der Waals surface area contributed by atoms with E-state index in [0.717, 1.165) is 11.4 Å². The van der Waals surface area contributed by atoms with Gasteiger partial charge >= 0.3 is 0 Å². The Kier molecular flexibility index (Phi) is 4.27. The highest BCUT2D eigenvalue weighted by molar-refractivity contribution is 9.10. The summed E-state index contributed by atoms with van der Waals surface area (Å²) in [4.78, 5) is 0. The van der Waals surface area contributed by atoms with Crippen LogP contribution in [0, 0.1) is 5.82 Å². The third-order valence-corrected chi connectivity index (χ3v) is 3.06. The predicted molar refractivity (Wildman–Crippen MR) is 79.4 cm³/mol. The molecule has 0 bridgehead atoms. The van der Waals surface area contributed by atoms with E-state index in [1.54, 1.807) is 24.3 Å². The standard InChI is InChI=1S/C14H14BrFN2O/c1-2-19-12-6-9(17)5-11(7-12)18-10-3-4-14(16)13(15)8-10/h3-8,18H,2,17H2,1H3. The number of benzene rings is 2. The van der Waals surface area contributed by atoms with Crippen molar-refractivity contribution in [1.29, 1.82) is 0 Å². The maximum absolute atomic E-state index is 13.2. The average Bonchev–Trinajstić information content (AvgIpc) is 2.33. The van der Waals surface area contributed by atoms with E-state index in [0.29, 0.717) is 22.5 Å². The summed E-state index contributed by atoms with van der Waals surface area (Å²) in [6, 6.07) is 10.1. The van der Waals surface area contributed by atoms with Crippen molar-refractivity contribution < 1.29 is 9.13 Å². The Hall–Kier alpha value is -1.75. The van der Waals surface area contributed by atoms with Crippen molar-refractivity contribution in [2.45, 2.75) is 6.92 Å². The summed E-state index contributed by atoms with van der Waals surface area (Å²) in [5.74, 6) is 0.402. The molecule has 0 saturated carbocycles. The van der Waals surface area contributed by atoms with Crippen LogP contribution in [-0.2, 0) is 0 Å². The number of ether oxygens (including phenoxy) is 1. The van der Waals surface area contributed by atoms with Gasteiger partial charge in [0.1, 0.15) is 11.6 Å². The van der Waals surface area contributed by atoms with Crippen molar-refractivity contribution in [2.24, 2.45) is 0 Å². The van der Waals surface area contributed by atoms with Crippen molar-refractivity contribution >= 4 is 33.0 Å². The minimum absolute atomic E-state index is 0.298. The van der Waals surface area contributed by atoms with Crippen LogP contribution in [0.1, 0.15) is 6.92 Å². The van der Waals surface area contributed by atoms with Gasteiger partial charge in [0.25, 0.3) is 0 Å². The molecule has 0 spiro atoms. The van der Waals surface area contributed by atoms with E-state index < -0.39 is 0 Å². The average molecular weight is 325 g/mol. The molecule has 0 heterocycles. The SMILES string of the molecule is CCOc1cc(N)cc(Nc2ccc(F)c(Br)c2)c1. The van der Waals surface area contributed by atoms with Gasteiger partial charge < -0.3 is 15.8 Å². The number of hydrogen-bond acceptors (Lipinski definition) is 3. The third kappa shape index (κ3) is 3.61. The first-order valence-corrected chi connectivity index (χ1v) is 6.63. The molecule has 2 rings (SSSR count). The number of rotatable bonds is 4. The molecular formula is C14H14BrFN2O. The Morgan fingerprint density at radius 1 is 1.21 bits per heavy atom. The lowest BCUT2D eigenvalue weighted by atomic mass is 10.2. The molecule has 0 unspecified atom stereocenters. The van der Waals surface area contributed by atoms with Crippen molar-refractivity contribution in [2.75, 3.05) is 17.7 Å². The highest BCUT2D eigenvalue weighted by Crippen LogP contribution is 2.27. The van der Waals surface area contributed by atoms with Gasteiger partial charge in [0.15, 0.2) is 0 Å². The largest absolute Gasteiger partial charge is 0.494 e. The Morgan fingerprint density at radius 2 is 2.00 bits per heavy atom. The normalized spacial score (nSPS) is 10.3. The summed E-state index contributed by atoms with van der Waals surface area (Å²) in [6.07, 6.45) is 0. The summed E-state index contributed by atoms with van der Waals surface area (Å²) >= 11 is 3.15. The molecule has 5 heteroatoms. The summed E-state index contributed by atoms with van der Waals surface area (Å²) in [7, 11) is 0. The van der Waals surface area contributed by atoms with Crippen molar-refractivity contribution in [1.82, 2.24) is 0 Å².